The van der Waals surface area contributed by atoms with Crippen LogP contribution < -0.4 is 5.32 Å². The Hall–Kier alpha value is -1.47. The van der Waals surface area contributed by atoms with Crippen molar-refractivity contribution in [1.82, 2.24) is 9.62 Å². The lowest BCUT2D eigenvalue weighted by atomic mass is 10.1. The van der Waals surface area contributed by atoms with Gasteiger partial charge in [-0.05, 0) is 49.9 Å². The Bertz CT molecular complexity index is 668. The van der Waals surface area contributed by atoms with Crippen LogP contribution in [0.2, 0.25) is 0 Å². The number of halogens is 1. The molecule has 7 heteroatoms. The fourth-order valence-electron chi connectivity index (χ4n) is 2.69. The van der Waals surface area contributed by atoms with Crippen molar-refractivity contribution in [1.29, 1.82) is 0 Å². The molecule has 0 saturated carbocycles. The van der Waals surface area contributed by atoms with Gasteiger partial charge in [0.15, 0.2) is 0 Å². The van der Waals surface area contributed by atoms with E-state index in [-0.39, 0.29) is 16.8 Å². The SMILES string of the molecule is CCCC(=O)NC1CCN(S(=O)(=O)c2ccc(F)c(C)c2)CC1. The van der Waals surface area contributed by atoms with Crippen molar-refractivity contribution >= 4 is 15.9 Å². The number of hydrogen-bond acceptors (Lipinski definition) is 3. The molecule has 0 aromatic heterocycles. The van der Waals surface area contributed by atoms with E-state index in [1.165, 1.54) is 22.5 Å². The molecule has 1 heterocycles. The van der Waals surface area contributed by atoms with Gasteiger partial charge in [-0.2, -0.15) is 4.31 Å². The number of hydrogen-bond donors (Lipinski definition) is 1. The Morgan fingerprint density at radius 1 is 1.35 bits per heavy atom. The lowest BCUT2D eigenvalue weighted by Crippen LogP contribution is -2.46. The molecule has 0 bridgehead atoms. The molecule has 0 radical (unpaired) electrons. The molecule has 1 aromatic rings. The summed E-state index contributed by atoms with van der Waals surface area (Å²) in [6.07, 6.45) is 2.47. The minimum Gasteiger partial charge on any atom is -0.353 e. The van der Waals surface area contributed by atoms with Gasteiger partial charge in [-0.3, -0.25) is 4.79 Å². The fraction of sp³-hybridized carbons (Fsp3) is 0.562. The molecule has 23 heavy (non-hydrogen) atoms. The third-order valence-corrected chi connectivity index (χ3v) is 5.96. The molecular weight excluding hydrogens is 319 g/mol. The van der Waals surface area contributed by atoms with Gasteiger partial charge in [0, 0.05) is 25.6 Å². The van der Waals surface area contributed by atoms with Crippen LogP contribution in [0, 0.1) is 12.7 Å². The Morgan fingerprint density at radius 3 is 2.57 bits per heavy atom. The second-order valence-corrected chi connectivity index (χ2v) is 7.84. The van der Waals surface area contributed by atoms with Gasteiger partial charge < -0.3 is 5.32 Å². The monoisotopic (exact) mass is 342 g/mol. The van der Waals surface area contributed by atoms with Crippen LogP contribution in [0.25, 0.3) is 0 Å². The van der Waals surface area contributed by atoms with Crippen LogP contribution in [0.4, 0.5) is 4.39 Å². The molecular formula is C16H23FN2O3S. The van der Waals surface area contributed by atoms with Crippen LogP contribution in [0.5, 0.6) is 0 Å². The van der Waals surface area contributed by atoms with Crippen LogP contribution in [0.3, 0.4) is 0 Å². The smallest absolute Gasteiger partial charge is 0.243 e. The maximum atomic E-state index is 13.3. The van der Waals surface area contributed by atoms with Gasteiger partial charge in [0.05, 0.1) is 4.90 Å². The largest absolute Gasteiger partial charge is 0.353 e. The number of nitrogens with one attached hydrogen (secondary N) is 1. The van der Waals surface area contributed by atoms with Crippen LogP contribution in [0.15, 0.2) is 23.1 Å². The van der Waals surface area contributed by atoms with Crippen molar-refractivity contribution in [2.75, 3.05) is 13.1 Å². The summed E-state index contributed by atoms with van der Waals surface area (Å²) in [5.41, 5.74) is 0.313. The average molecular weight is 342 g/mol. The first-order valence-corrected chi connectivity index (χ1v) is 9.34. The van der Waals surface area contributed by atoms with E-state index in [2.05, 4.69) is 5.32 Å². The highest BCUT2D eigenvalue weighted by Gasteiger charge is 2.30. The summed E-state index contributed by atoms with van der Waals surface area (Å²) in [5.74, 6) is -0.399. The molecule has 1 saturated heterocycles. The zero-order valence-corrected chi connectivity index (χ0v) is 14.3. The number of benzene rings is 1. The highest BCUT2D eigenvalue weighted by Crippen LogP contribution is 2.22. The molecule has 1 aliphatic rings. The van der Waals surface area contributed by atoms with E-state index in [1.807, 2.05) is 6.92 Å². The summed E-state index contributed by atoms with van der Waals surface area (Å²) in [6, 6.07) is 3.86. The summed E-state index contributed by atoms with van der Waals surface area (Å²) >= 11 is 0. The average Bonchev–Trinajstić information content (AvgIpc) is 2.50. The molecule has 5 nitrogen and oxygen atoms in total. The van der Waals surface area contributed by atoms with Gasteiger partial charge in [0.2, 0.25) is 15.9 Å². The Balaban J connectivity index is 2.01. The van der Waals surface area contributed by atoms with Crippen LogP contribution in [-0.4, -0.2) is 37.8 Å². The number of carbonyl (C=O) groups is 1. The predicted octanol–water partition coefficient (Wildman–Crippen LogP) is 2.20. The molecule has 1 amide bonds. The number of amides is 1. The fourth-order valence-corrected chi connectivity index (χ4v) is 4.25. The molecule has 0 atom stereocenters. The summed E-state index contributed by atoms with van der Waals surface area (Å²) in [4.78, 5) is 11.7. The van der Waals surface area contributed by atoms with Gasteiger partial charge >= 0.3 is 0 Å². The van der Waals surface area contributed by atoms with E-state index < -0.39 is 15.8 Å². The first-order chi connectivity index (χ1) is 10.8. The molecule has 1 N–H and O–H groups in total. The Kier molecular flexibility index (Phi) is 5.75. The van der Waals surface area contributed by atoms with Crippen LogP contribution in [-0.2, 0) is 14.8 Å². The third kappa shape index (κ3) is 4.29. The molecule has 0 unspecified atom stereocenters. The quantitative estimate of drug-likeness (QED) is 0.892. The normalized spacial score (nSPS) is 17.2. The third-order valence-electron chi connectivity index (χ3n) is 4.06. The van der Waals surface area contributed by atoms with E-state index in [0.29, 0.717) is 37.9 Å². The zero-order valence-electron chi connectivity index (χ0n) is 13.5. The van der Waals surface area contributed by atoms with Gasteiger partial charge in [-0.15, -0.1) is 0 Å². The highest BCUT2D eigenvalue weighted by molar-refractivity contribution is 7.89. The number of nitrogens with zero attached hydrogens (tertiary/aromatic N) is 1. The topological polar surface area (TPSA) is 66.5 Å². The number of sulfonamides is 1. The van der Waals surface area contributed by atoms with Crippen molar-refractivity contribution < 1.29 is 17.6 Å². The molecule has 1 fully saturated rings. The van der Waals surface area contributed by atoms with Gasteiger partial charge in [0.25, 0.3) is 0 Å². The maximum absolute atomic E-state index is 13.3. The number of piperidine rings is 1. The van der Waals surface area contributed by atoms with Crippen molar-refractivity contribution in [2.45, 2.75) is 50.5 Å². The standard InChI is InChI=1S/C16H23FN2O3S/c1-3-4-16(20)18-13-7-9-19(10-8-13)23(21,22)14-5-6-15(17)12(2)11-14/h5-6,11,13H,3-4,7-10H2,1-2H3,(H,18,20). The minimum atomic E-state index is -3.61. The van der Waals surface area contributed by atoms with E-state index in [1.54, 1.807) is 6.92 Å². The summed E-state index contributed by atoms with van der Waals surface area (Å²) in [5, 5.41) is 2.94. The number of rotatable bonds is 5. The van der Waals surface area contributed by atoms with Crippen LogP contribution >= 0.6 is 0 Å². The van der Waals surface area contributed by atoms with E-state index in [9.17, 15) is 17.6 Å². The van der Waals surface area contributed by atoms with Crippen molar-refractivity contribution in [3.8, 4) is 0 Å². The highest BCUT2D eigenvalue weighted by atomic mass is 32.2. The minimum absolute atomic E-state index is 0.0166. The maximum Gasteiger partial charge on any atom is 0.243 e. The van der Waals surface area contributed by atoms with Crippen molar-refractivity contribution in [3.63, 3.8) is 0 Å². The molecule has 0 spiro atoms. The van der Waals surface area contributed by atoms with Crippen molar-refractivity contribution in [3.05, 3.63) is 29.6 Å². The van der Waals surface area contributed by atoms with Gasteiger partial charge in [0.1, 0.15) is 5.82 Å². The predicted molar refractivity (Wildman–Crippen MR) is 86.0 cm³/mol. The van der Waals surface area contributed by atoms with Gasteiger partial charge in [-0.25, -0.2) is 12.8 Å². The first-order valence-electron chi connectivity index (χ1n) is 7.90. The Morgan fingerprint density at radius 2 is 2.00 bits per heavy atom. The molecule has 1 aromatic carbocycles. The second-order valence-electron chi connectivity index (χ2n) is 5.91. The number of carbonyl (C=O) groups excluding carboxylic acids is 1. The molecule has 1 aliphatic heterocycles. The summed E-state index contributed by atoms with van der Waals surface area (Å²) in [7, 11) is -3.61. The van der Waals surface area contributed by atoms with Crippen molar-refractivity contribution in [2.24, 2.45) is 0 Å². The zero-order chi connectivity index (χ0) is 17.0. The van der Waals surface area contributed by atoms with E-state index >= 15 is 0 Å². The van der Waals surface area contributed by atoms with E-state index in [0.717, 1.165) is 6.42 Å². The van der Waals surface area contributed by atoms with Gasteiger partial charge in [-0.1, -0.05) is 6.92 Å². The molecule has 0 aliphatic carbocycles. The first kappa shape index (κ1) is 17.9. The van der Waals surface area contributed by atoms with E-state index in [4.69, 9.17) is 0 Å². The van der Waals surface area contributed by atoms with Crippen LogP contribution in [0.1, 0.15) is 38.2 Å². The molecule has 2 rings (SSSR count). The Labute approximate surface area is 136 Å². The second kappa shape index (κ2) is 7.40. The number of aryl methyl sites for hydroxylation is 1. The summed E-state index contributed by atoms with van der Waals surface area (Å²) in [6.45, 7) is 4.20. The lowest BCUT2D eigenvalue weighted by molar-refractivity contribution is -0.122. The molecule has 128 valence electrons. The summed E-state index contributed by atoms with van der Waals surface area (Å²) < 4.78 is 39.9. The lowest BCUT2D eigenvalue weighted by Gasteiger charge is -2.31.